The Kier molecular flexibility index (Phi) is 4.74. The molecule has 10 heteroatoms. The van der Waals surface area contributed by atoms with Crippen LogP contribution in [0.15, 0.2) is 24.3 Å². The summed E-state index contributed by atoms with van der Waals surface area (Å²) >= 11 is 0. The third kappa shape index (κ3) is 3.42. The van der Waals surface area contributed by atoms with Crippen molar-refractivity contribution in [3.63, 3.8) is 0 Å². The van der Waals surface area contributed by atoms with E-state index in [0.29, 0.717) is 4.90 Å². The molecule has 0 aromatic heterocycles. The molecule has 0 saturated carbocycles. The van der Waals surface area contributed by atoms with E-state index in [1.165, 1.54) is 5.32 Å². The van der Waals surface area contributed by atoms with E-state index in [1.807, 2.05) is 0 Å². The summed E-state index contributed by atoms with van der Waals surface area (Å²) in [5.74, 6) is -3.85. The maximum atomic E-state index is 13.6. The van der Waals surface area contributed by atoms with E-state index >= 15 is 0 Å². The zero-order valence-corrected chi connectivity index (χ0v) is 13.3. The van der Waals surface area contributed by atoms with E-state index < -0.39 is 35.5 Å². The maximum Gasteiger partial charge on any atom is 0.440 e. The number of benzene rings is 1. The molecule has 1 aliphatic rings. The molecule has 25 heavy (non-hydrogen) atoms. The number of hydrogen-bond acceptors (Lipinski definition) is 3. The highest BCUT2D eigenvalue weighted by Gasteiger charge is 2.68. The zero-order valence-electron chi connectivity index (χ0n) is 13.3. The van der Waals surface area contributed by atoms with Crippen LogP contribution in [0, 0.1) is 11.7 Å². The minimum Gasteiger partial charge on any atom is -0.314 e. The summed E-state index contributed by atoms with van der Waals surface area (Å²) in [5, 5.41) is 3.07. The largest absolute Gasteiger partial charge is 0.440 e. The van der Waals surface area contributed by atoms with Crippen molar-refractivity contribution in [2.75, 3.05) is 6.54 Å². The van der Waals surface area contributed by atoms with Crippen molar-refractivity contribution in [3.8, 4) is 0 Å². The Morgan fingerprint density at radius 3 is 2.28 bits per heavy atom. The smallest absolute Gasteiger partial charge is 0.314 e. The Balaban J connectivity index is 2.37. The summed E-state index contributed by atoms with van der Waals surface area (Å²) in [6, 6.07) is 2.43. The molecule has 0 bridgehead atoms. The first kappa shape index (κ1) is 18.7. The molecule has 2 N–H and O–H groups in total. The van der Waals surface area contributed by atoms with E-state index in [4.69, 9.17) is 0 Å². The number of carbonyl (C=O) groups is 3. The second-order valence-corrected chi connectivity index (χ2v) is 5.95. The monoisotopic (exact) mass is 361 g/mol. The Morgan fingerprint density at radius 1 is 1.24 bits per heavy atom. The molecular formula is C15H15F4N3O3. The van der Waals surface area contributed by atoms with Crippen molar-refractivity contribution in [1.29, 1.82) is 0 Å². The zero-order chi connectivity index (χ0) is 19.0. The molecule has 6 nitrogen and oxygen atoms in total. The van der Waals surface area contributed by atoms with Crippen LogP contribution in [0.2, 0.25) is 0 Å². The van der Waals surface area contributed by atoms with Crippen LogP contribution < -0.4 is 10.6 Å². The number of carbonyl (C=O) groups excluding carboxylic acids is 3. The molecule has 136 valence electrons. The fraction of sp³-hybridized carbons (Fsp3) is 0.400. The van der Waals surface area contributed by atoms with Crippen molar-refractivity contribution in [2.24, 2.45) is 5.92 Å². The Hall–Kier alpha value is -2.65. The second-order valence-electron chi connectivity index (χ2n) is 5.95. The molecule has 4 amide bonds. The number of hydrogen-bond donors (Lipinski definition) is 2. The summed E-state index contributed by atoms with van der Waals surface area (Å²) in [6.45, 7) is 2.99. The van der Waals surface area contributed by atoms with Crippen molar-refractivity contribution in [1.82, 2.24) is 15.5 Å². The first-order valence-electron chi connectivity index (χ1n) is 7.27. The SMILES string of the molecule is CC(C)CN1C(=O)NC(NC(=O)c2ccc(F)cc2)(C(F)(F)F)C1=O. The van der Waals surface area contributed by atoms with E-state index in [1.54, 1.807) is 19.2 Å². The number of alkyl halides is 3. The van der Waals surface area contributed by atoms with Gasteiger partial charge in [0, 0.05) is 12.1 Å². The average Bonchev–Trinajstić information content (AvgIpc) is 2.72. The maximum absolute atomic E-state index is 13.6. The number of rotatable bonds is 4. The van der Waals surface area contributed by atoms with Gasteiger partial charge in [-0.05, 0) is 30.2 Å². The van der Waals surface area contributed by atoms with Gasteiger partial charge in [-0.3, -0.25) is 19.8 Å². The van der Waals surface area contributed by atoms with Gasteiger partial charge in [-0.25, -0.2) is 9.18 Å². The Labute approximate surface area is 140 Å². The number of nitrogens with zero attached hydrogens (tertiary/aromatic N) is 1. The minimum absolute atomic E-state index is 0.241. The molecule has 1 aromatic carbocycles. The van der Waals surface area contributed by atoms with E-state index in [2.05, 4.69) is 0 Å². The Bertz CT molecular complexity index is 703. The minimum atomic E-state index is -5.28. The number of amides is 4. The van der Waals surface area contributed by atoms with Crippen molar-refractivity contribution in [3.05, 3.63) is 35.6 Å². The molecule has 0 spiro atoms. The lowest BCUT2D eigenvalue weighted by Crippen LogP contribution is -2.69. The molecule has 2 rings (SSSR count). The standard InChI is InChI=1S/C15H15F4N3O3/c1-8(2)7-22-12(24)14(15(17,18)19,21-13(22)25)20-11(23)9-3-5-10(16)6-4-9/h3-6,8H,7H2,1-2H3,(H,20,23)(H,21,25). The molecule has 1 saturated heterocycles. The van der Waals surface area contributed by atoms with Gasteiger partial charge in [-0.2, -0.15) is 13.2 Å². The second kappa shape index (κ2) is 6.34. The summed E-state index contributed by atoms with van der Waals surface area (Å²) in [5.41, 5.74) is -3.86. The van der Waals surface area contributed by atoms with Crippen LogP contribution in [-0.2, 0) is 4.79 Å². The third-order valence-corrected chi connectivity index (χ3v) is 3.49. The van der Waals surface area contributed by atoms with Gasteiger partial charge in [-0.15, -0.1) is 0 Å². The topological polar surface area (TPSA) is 78.5 Å². The van der Waals surface area contributed by atoms with Gasteiger partial charge < -0.3 is 5.32 Å². The predicted octanol–water partition coefficient (Wildman–Crippen LogP) is 2.02. The average molecular weight is 361 g/mol. The lowest BCUT2D eigenvalue weighted by Gasteiger charge is -2.30. The van der Waals surface area contributed by atoms with Gasteiger partial charge >= 0.3 is 12.2 Å². The van der Waals surface area contributed by atoms with Gasteiger partial charge in [0.25, 0.3) is 17.5 Å². The van der Waals surface area contributed by atoms with Crippen molar-refractivity contribution >= 4 is 17.8 Å². The molecular weight excluding hydrogens is 346 g/mol. The summed E-state index contributed by atoms with van der Waals surface area (Å²) in [6.07, 6.45) is -5.28. The highest BCUT2D eigenvalue weighted by Crippen LogP contribution is 2.34. The van der Waals surface area contributed by atoms with Gasteiger partial charge in [-0.1, -0.05) is 13.8 Å². The molecule has 0 aliphatic carbocycles. The molecule has 1 aromatic rings. The van der Waals surface area contributed by atoms with Crippen LogP contribution in [0.3, 0.4) is 0 Å². The highest BCUT2D eigenvalue weighted by molar-refractivity contribution is 6.10. The fourth-order valence-corrected chi connectivity index (χ4v) is 2.30. The summed E-state index contributed by atoms with van der Waals surface area (Å²) in [4.78, 5) is 36.6. The number of nitrogens with one attached hydrogen (secondary N) is 2. The normalized spacial score (nSPS) is 20.8. The number of imide groups is 1. The van der Waals surface area contributed by atoms with Gasteiger partial charge in [0.05, 0.1) is 0 Å². The number of halogens is 4. The summed E-state index contributed by atoms with van der Waals surface area (Å²) in [7, 11) is 0. The van der Waals surface area contributed by atoms with Crippen LogP contribution in [0.5, 0.6) is 0 Å². The van der Waals surface area contributed by atoms with Crippen LogP contribution in [0.1, 0.15) is 24.2 Å². The molecule has 1 atom stereocenters. The van der Waals surface area contributed by atoms with E-state index in [9.17, 15) is 31.9 Å². The molecule has 1 fully saturated rings. The first-order valence-corrected chi connectivity index (χ1v) is 7.27. The van der Waals surface area contributed by atoms with Gasteiger partial charge in [0.1, 0.15) is 5.82 Å². The molecule has 1 heterocycles. The first-order chi connectivity index (χ1) is 11.5. The van der Waals surface area contributed by atoms with E-state index in [0.717, 1.165) is 24.3 Å². The van der Waals surface area contributed by atoms with Crippen LogP contribution in [0.25, 0.3) is 0 Å². The molecule has 0 radical (unpaired) electrons. The molecule has 1 aliphatic heterocycles. The lowest BCUT2D eigenvalue weighted by molar-refractivity contribution is -0.200. The lowest BCUT2D eigenvalue weighted by atomic mass is 10.1. The quantitative estimate of drug-likeness (QED) is 0.636. The van der Waals surface area contributed by atoms with Crippen LogP contribution >= 0.6 is 0 Å². The van der Waals surface area contributed by atoms with Gasteiger partial charge in [0.2, 0.25) is 0 Å². The van der Waals surface area contributed by atoms with Crippen LogP contribution in [-0.4, -0.2) is 41.1 Å². The van der Waals surface area contributed by atoms with E-state index in [-0.39, 0.29) is 18.0 Å². The number of urea groups is 1. The highest BCUT2D eigenvalue weighted by atomic mass is 19.4. The van der Waals surface area contributed by atoms with Gasteiger partial charge in [0.15, 0.2) is 0 Å². The molecule has 1 unspecified atom stereocenters. The third-order valence-electron chi connectivity index (χ3n) is 3.49. The predicted molar refractivity (Wildman–Crippen MR) is 77.7 cm³/mol. The Morgan fingerprint density at radius 2 is 1.80 bits per heavy atom. The van der Waals surface area contributed by atoms with Crippen LogP contribution in [0.4, 0.5) is 22.4 Å². The van der Waals surface area contributed by atoms with Crippen molar-refractivity contribution in [2.45, 2.75) is 25.7 Å². The summed E-state index contributed by atoms with van der Waals surface area (Å²) < 4.78 is 53.5. The van der Waals surface area contributed by atoms with Crippen molar-refractivity contribution < 1.29 is 31.9 Å². The fourth-order valence-electron chi connectivity index (χ4n) is 2.30.